The van der Waals surface area contributed by atoms with Crippen LogP contribution in [0.1, 0.15) is 24.2 Å². The lowest BCUT2D eigenvalue weighted by Gasteiger charge is -2.09. The predicted octanol–water partition coefficient (Wildman–Crippen LogP) is -0.0762. The molecule has 2 aromatic heterocycles. The number of nitrogens with zero attached hydrogens (tertiary/aromatic N) is 4. The molecule has 1 unspecified atom stereocenters. The lowest BCUT2D eigenvalue weighted by Crippen LogP contribution is -2.35. The van der Waals surface area contributed by atoms with E-state index in [9.17, 15) is 4.79 Å². The number of amides is 1. The van der Waals surface area contributed by atoms with Crippen LogP contribution in [0.5, 0.6) is 0 Å². The van der Waals surface area contributed by atoms with Crippen molar-refractivity contribution >= 4 is 22.2 Å². The van der Waals surface area contributed by atoms with Crippen molar-refractivity contribution in [2.45, 2.75) is 32.7 Å². The number of aryl methyl sites for hydroxylation is 2. The lowest BCUT2D eigenvalue weighted by molar-refractivity contribution is -0.121. The first-order valence-electron chi connectivity index (χ1n) is 5.68. The smallest absolute Gasteiger partial charge is 0.234 e. The second kappa shape index (κ2) is 5.40. The Morgan fingerprint density at radius 2 is 2.33 bits per heavy atom. The summed E-state index contributed by atoms with van der Waals surface area (Å²) in [7, 11) is 0. The van der Waals surface area contributed by atoms with Crippen LogP contribution in [-0.2, 0) is 11.2 Å². The van der Waals surface area contributed by atoms with Crippen molar-refractivity contribution < 1.29 is 9.90 Å². The van der Waals surface area contributed by atoms with Gasteiger partial charge in [-0.1, -0.05) is 11.3 Å². The first-order valence-corrected chi connectivity index (χ1v) is 6.49. The fourth-order valence-corrected chi connectivity index (χ4v) is 2.35. The van der Waals surface area contributed by atoms with Crippen LogP contribution in [0.3, 0.4) is 0 Å². The Labute approximate surface area is 108 Å². The molecule has 8 heteroatoms. The number of hydrogen-bond acceptors (Lipinski definition) is 6. The van der Waals surface area contributed by atoms with Gasteiger partial charge in [0.05, 0.1) is 6.61 Å². The summed E-state index contributed by atoms with van der Waals surface area (Å²) in [5.41, 5.74) is 0. The zero-order chi connectivity index (χ0) is 13.1. The van der Waals surface area contributed by atoms with Crippen LogP contribution in [0.25, 0.3) is 4.96 Å². The van der Waals surface area contributed by atoms with Crippen molar-refractivity contribution in [2.24, 2.45) is 0 Å². The van der Waals surface area contributed by atoms with E-state index in [1.165, 1.54) is 11.3 Å². The van der Waals surface area contributed by atoms with Gasteiger partial charge < -0.3 is 10.4 Å². The van der Waals surface area contributed by atoms with Gasteiger partial charge in [0, 0.05) is 18.9 Å². The number of aliphatic hydroxyl groups excluding tert-OH is 1. The fraction of sp³-hybridized carbons (Fsp3) is 0.600. The zero-order valence-corrected chi connectivity index (χ0v) is 11.1. The van der Waals surface area contributed by atoms with Crippen molar-refractivity contribution in [3.05, 3.63) is 10.8 Å². The van der Waals surface area contributed by atoms with Gasteiger partial charge in [-0.2, -0.15) is 9.61 Å². The monoisotopic (exact) mass is 269 g/mol. The third kappa shape index (κ3) is 2.82. The highest BCUT2D eigenvalue weighted by atomic mass is 32.1. The number of aromatic nitrogens is 4. The molecule has 18 heavy (non-hydrogen) atoms. The lowest BCUT2D eigenvalue weighted by atomic mass is 10.3. The minimum atomic E-state index is -0.211. The first kappa shape index (κ1) is 12.9. The number of nitrogens with one attached hydrogen (secondary N) is 1. The largest absolute Gasteiger partial charge is 0.394 e. The van der Waals surface area contributed by atoms with Gasteiger partial charge in [0.1, 0.15) is 5.01 Å². The predicted molar refractivity (Wildman–Crippen MR) is 66.4 cm³/mol. The van der Waals surface area contributed by atoms with Crippen LogP contribution < -0.4 is 5.32 Å². The second-order valence-corrected chi connectivity index (χ2v) is 5.13. The summed E-state index contributed by atoms with van der Waals surface area (Å²) < 4.78 is 1.67. The topological polar surface area (TPSA) is 92.4 Å². The quantitative estimate of drug-likeness (QED) is 0.792. The molecule has 1 atom stereocenters. The Kier molecular flexibility index (Phi) is 3.87. The number of aliphatic hydroxyl groups is 1. The van der Waals surface area contributed by atoms with Crippen LogP contribution in [0.4, 0.5) is 0 Å². The molecular formula is C10H15N5O2S. The van der Waals surface area contributed by atoms with Gasteiger partial charge in [0.15, 0.2) is 5.82 Å². The van der Waals surface area contributed by atoms with Gasteiger partial charge in [-0.25, -0.2) is 0 Å². The Morgan fingerprint density at radius 1 is 1.56 bits per heavy atom. The third-order valence-electron chi connectivity index (χ3n) is 2.44. The van der Waals surface area contributed by atoms with Crippen LogP contribution in [0, 0.1) is 6.92 Å². The van der Waals surface area contributed by atoms with Crippen molar-refractivity contribution in [2.75, 3.05) is 6.61 Å². The standard InChI is InChI=1S/C10H15N5O2S/c1-6(5-16)11-8(17)3-4-9-14-15-7(2)12-13-10(15)18-9/h6,16H,3-5H2,1-2H3,(H,11,17). The van der Waals surface area contributed by atoms with E-state index in [4.69, 9.17) is 5.11 Å². The van der Waals surface area contributed by atoms with Crippen LogP contribution in [0.2, 0.25) is 0 Å². The molecule has 0 spiro atoms. The van der Waals surface area contributed by atoms with Crippen LogP contribution in [0.15, 0.2) is 0 Å². The van der Waals surface area contributed by atoms with Gasteiger partial charge >= 0.3 is 0 Å². The maximum atomic E-state index is 11.5. The van der Waals surface area contributed by atoms with E-state index >= 15 is 0 Å². The van der Waals surface area contributed by atoms with Crippen molar-refractivity contribution in [1.82, 2.24) is 25.1 Å². The van der Waals surface area contributed by atoms with Crippen LogP contribution in [-0.4, -0.2) is 43.5 Å². The highest BCUT2D eigenvalue weighted by molar-refractivity contribution is 7.16. The molecule has 1 amide bonds. The summed E-state index contributed by atoms with van der Waals surface area (Å²) in [4.78, 5) is 12.3. The van der Waals surface area contributed by atoms with E-state index in [0.29, 0.717) is 12.8 Å². The molecule has 0 bridgehead atoms. The van der Waals surface area contributed by atoms with E-state index in [0.717, 1.165) is 15.8 Å². The van der Waals surface area contributed by atoms with Crippen LogP contribution >= 0.6 is 11.3 Å². The number of carbonyl (C=O) groups is 1. The molecular weight excluding hydrogens is 254 g/mol. The summed E-state index contributed by atoms with van der Waals surface area (Å²) in [5.74, 6) is 0.657. The van der Waals surface area contributed by atoms with Gasteiger partial charge in [0.2, 0.25) is 10.9 Å². The third-order valence-corrected chi connectivity index (χ3v) is 3.39. The summed E-state index contributed by atoms with van der Waals surface area (Å²) in [6.07, 6.45) is 0.922. The normalized spacial score (nSPS) is 12.8. The second-order valence-electron chi connectivity index (χ2n) is 4.09. The Hall–Kier alpha value is -1.54. The molecule has 0 aliphatic carbocycles. The summed E-state index contributed by atoms with van der Waals surface area (Å²) >= 11 is 1.43. The molecule has 2 aromatic rings. The van der Waals surface area contributed by atoms with E-state index in [-0.39, 0.29) is 18.6 Å². The minimum absolute atomic E-state index is 0.0539. The maximum Gasteiger partial charge on any atom is 0.234 e. The molecule has 0 fully saturated rings. The molecule has 0 saturated carbocycles. The minimum Gasteiger partial charge on any atom is -0.394 e. The van der Waals surface area contributed by atoms with Gasteiger partial charge in [-0.15, -0.1) is 10.2 Å². The van der Waals surface area contributed by atoms with E-state index < -0.39 is 0 Å². The number of carbonyl (C=O) groups excluding carboxylic acids is 1. The first-order chi connectivity index (χ1) is 8.60. The molecule has 7 nitrogen and oxygen atoms in total. The molecule has 0 aliphatic rings. The van der Waals surface area contributed by atoms with Gasteiger partial charge in [0.25, 0.3) is 0 Å². The fourth-order valence-electron chi connectivity index (χ4n) is 1.47. The number of fused-ring (bicyclic) bond motifs is 1. The molecule has 0 saturated heterocycles. The van der Waals surface area contributed by atoms with E-state index in [1.54, 1.807) is 11.4 Å². The Morgan fingerprint density at radius 3 is 3.00 bits per heavy atom. The number of rotatable bonds is 5. The summed E-state index contributed by atoms with van der Waals surface area (Å²) in [5, 5.41) is 24.6. The van der Waals surface area contributed by atoms with E-state index in [1.807, 2.05) is 6.92 Å². The van der Waals surface area contributed by atoms with Crippen molar-refractivity contribution in [3.8, 4) is 0 Å². The van der Waals surface area contributed by atoms with Crippen molar-refractivity contribution in [3.63, 3.8) is 0 Å². The average molecular weight is 269 g/mol. The molecule has 2 N–H and O–H groups in total. The summed E-state index contributed by atoms with van der Waals surface area (Å²) in [6, 6.07) is -0.211. The molecule has 0 aromatic carbocycles. The van der Waals surface area contributed by atoms with Gasteiger partial charge in [-0.05, 0) is 13.8 Å². The number of hydrogen-bond donors (Lipinski definition) is 2. The van der Waals surface area contributed by atoms with Gasteiger partial charge in [-0.3, -0.25) is 4.79 Å². The zero-order valence-electron chi connectivity index (χ0n) is 10.3. The highest BCUT2D eigenvalue weighted by Gasteiger charge is 2.11. The summed E-state index contributed by atoms with van der Waals surface area (Å²) in [6.45, 7) is 3.53. The SMILES string of the molecule is Cc1nnc2sc(CCC(=O)NC(C)CO)nn12. The molecule has 0 radical (unpaired) electrons. The average Bonchev–Trinajstić information content (AvgIpc) is 2.89. The molecule has 2 heterocycles. The van der Waals surface area contributed by atoms with Crippen molar-refractivity contribution in [1.29, 1.82) is 0 Å². The van der Waals surface area contributed by atoms with E-state index in [2.05, 4.69) is 20.6 Å². The Bertz CT molecular complexity index is 549. The Balaban J connectivity index is 1.91. The maximum absolute atomic E-state index is 11.5. The molecule has 2 rings (SSSR count). The molecule has 0 aliphatic heterocycles. The molecule has 98 valence electrons. The highest BCUT2D eigenvalue weighted by Crippen LogP contribution is 2.14.